The normalized spacial score (nSPS) is 28.6. The van der Waals surface area contributed by atoms with E-state index in [-0.39, 0.29) is 5.54 Å². The van der Waals surface area contributed by atoms with Crippen LogP contribution in [0.1, 0.15) is 45.1 Å². The highest BCUT2D eigenvalue weighted by Crippen LogP contribution is 2.37. The molecule has 2 heteroatoms. The van der Waals surface area contributed by atoms with E-state index in [0.29, 0.717) is 0 Å². The van der Waals surface area contributed by atoms with Crippen LogP contribution in [0.3, 0.4) is 0 Å². The van der Waals surface area contributed by atoms with Crippen molar-refractivity contribution >= 4 is 15.9 Å². The molecule has 100 valence electrons. The van der Waals surface area contributed by atoms with Crippen molar-refractivity contribution < 1.29 is 0 Å². The van der Waals surface area contributed by atoms with Crippen LogP contribution in [0.5, 0.6) is 0 Å². The highest BCUT2D eigenvalue weighted by atomic mass is 79.9. The van der Waals surface area contributed by atoms with Crippen molar-refractivity contribution in [1.29, 1.82) is 0 Å². The Morgan fingerprint density at radius 2 is 1.89 bits per heavy atom. The lowest BCUT2D eigenvalue weighted by atomic mass is 9.71. The molecule has 0 heterocycles. The SMILES string of the molecule is CC(C)C1CCC(N)(Cc2ccccc2Br)CC1. The van der Waals surface area contributed by atoms with Gasteiger partial charge < -0.3 is 5.73 Å². The number of rotatable bonds is 3. The molecule has 1 nitrogen and oxygen atoms in total. The third-order valence-corrected chi connectivity index (χ3v) is 5.24. The molecule has 2 rings (SSSR count). The second kappa shape index (κ2) is 5.75. The first kappa shape index (κ1) is 14.1. The molecule has 0 atom stereocenters. The molecule has 1 fully saturated rings. The van der Waals surface area contributed by atoms with Gasteiger partial charge >= 0.3 is 0 Å². The zero-order valence-corrected chi connectivity index (χ0v) is 13.0. The highest BCUT2D eigenvalue weighted by Gasteiger charge is 2.33. The molecule has 0 unspecified atom stereocenters. The summed E-state index contributed by atoms with van der Waals surface area (Å²) in [7, 11) is 0. The maximum Gasteiger partial charge on any atom is 0.0207 e. The zero-order valence-electron chi connectivity index (χ0n) is 11.5. The van der Waals surface area contributed by atoms with E-state index in [1.54, 1.807) is 0 Å². The van der Waals surface area contributed by atoms with Crippen LogP contribution in [0.25, 0.3) is 0 Å². The van der Waals surface area contributed by atoms with Crippen LogP contribution in [0.2, 0.25) is 0 Å². The number of hydrogen-bond acceptors (Lipinski definition) is 1. The fourth-order valence-electron chi connectivity index (χ4n) is 3.08. The number of halogens is 1. The van der Waals surface area contributed by atoms with E-state index < -0.39 is 0 Å². The molecule has 0 aliphatic heterocycles. The fraction of sp³-hybridized carbons (Fsp3) is 0.625. The third kappa shape index (κ3) is 3.36. The zero-order chi connectivity index (χ0) is 13.2. The van der Waals surface area contributed by atoms with Crippen molar-refractivity contribution in [2.24, 2.45) is 17.6 Å². The molecular formula is C16H24BrN. The molecule has 1 aromatic rings. The van der Waals surface area contributed by atoms with Crippen molar-refractivity contribution in [2.75, 3.05) is 0 Å². The summed E-state index contributed by atoms with van der Waals surface area (Å²) in [6, 6.07) is 8.46. The van der Waals surface area contributed by atoms with E-state index in [1.807, 2.05) is 0 Å². The summed E-state index contributed by atoms with van der Waals surface area (Å²) in [6.45, 7) is 4.67. The van der Waals surface area contributed by atoms with Gasteiger partial charge in [-0.2, -0.15) is 0 Å². The highest BCUT2D eigenvalue weighted by molar-refractivity contribution is 9.10. The van der Waals surface area contributed by atoms with Gasteiger partial charge in [-0.05, 0) is 55.6 Å². The molecule has 0 radical (unpaired) electrons. The van der Waals surface area contributed by atoms with E-state index in [9.17, 15) is 0 Å². The molecule has 2 N–H and O–H groups in total. The molecule has 0 spiro atoms. The molecule has 0 amide bonds. The second-order valence-electron chi connectivity index (χ2n) is 6.21. The van der Waals surface area contributed by atoms with Crippen molar-refractivity contribution in [1.82, 2.24) is 0 Å². The summed E-state index contributed by atoms with van der Waals surface area (Å²) in [5.74, 6) is 1.68. The van der Waals surface area contributed by atoms with Gasteiger partial charge in [0.05, 0.1) is 0 Å². The Morgan fingerprint density at radius 3 is 2.44 bits per heavy atom. The molecule has 1 aromatic carbocycles. The Labute approximate surface area is 119 Å². The first-order valence-electron chi connectivity index (χ1n) is 7.02. The van der Waals surface area contributed by atoms with E-state index in [2.05, 4.69) is 54.0 Å². The standard InChI is InChI=1S/C16H24BrN/c1-12(2)13-7-9-16(18,10-8-13)11-14-5-3-4-6-15(14)17/h3-6,12-13H,7-11,18H2,1-2H3. The van der Waals surface area contributed by atoms with Gasteiger partial charge in [0.25, 0.3) is 0 Å². The maximum absolute atomic E-state index is 6.60. The van der Waals surface area contributed by atoms with E-state index in [0.717, 1.165) is 31.1 Å². The van der Waals surface area contributed by atoms with Crippen molar-refractivity contribution in [3.05, 3.63) is 34.3 Å². The summed E-state index contributed by atoms with van der Waals surface area (Å²) in [5, 5.41) is 0. The minimum atomic E-state index is 0.00919. The van der Waals surface area contributed by atoms with Crippen LogP contribution in [0.4, 0.5) is 0 Å². The second-order valence-corrected chi connectivity index (χ2v) is 7.07. The largest absolute Gasteiger partial charge is 0.325 e. The lowest BCUT2D eigenvalue weighted by Crippen LogP contribution is -2.45. The smallest absolute Gasteiger partial charge is 0.0207 e. The molecular weight excluding hydrogens is 286 g/mol. The molecule has 18 heavy (non-hydrogen) atoms. The predicted molar refractivity (Wildman–Crippen MR) is 81.6 cm³/mol. The molecule has 0 bridgehead atoms. The summed E-state index contributed by atoms with van der Waals surface area (Å²) in [5.41, 5.74) is 7.96. The fourth-order valence-corrected chi connectivity index (χ4v) is 3.50. The van der Waals surface area contributed by atoms with Crippen LogP contribution in [-0.2, 0) is 6.42 Å². The average Bonchev–Trinajstić information content (AvgIpc) is 2.32. The lowest BCUT2D eigenvalue weighted by molar-refractivity contribution is 0.194. The van der Waals surface area contributed by atoms with Crippen molar-refractivity contribution in [3.63, 3.8) is 0 Å². The molecule has 1 saturated carbocycles. The van der Waals surface area contributed by atoms with Gasteiger partial charge in [-0.1, -0.05) is 48.0 Å². The number of hydrogen-bond donors (Lipinski definition) is 1. The lowest BCUT2D eigenvalue weighted by Gasteiger charge is -2.39. The van der Waals surface area contributed by atoms with Crippen LogP contribution in [0, 0.1) is 11.8 Å². The third-order valence-electron chi connectivity index (χ3n) is 4.47. The quantitative estimate of drug-likeness (QED) is 0.872. The van der Waals surface area contributed by atoms with E-state index in [1.165, 1.54) is 22.9 Å². The summed E-state index contributed by atoms with van der Waals surface area (Å²) < 4.78 is 1.20. The Morgan fingerprint density at radius 1 is 1.28 bits per heavy atom. The number of benzene rings is 1. The Hall–Kier alpha value is -0.340. The van der Waals surface area contributed by atoms with Crippen molar-refractivity contribution in [2.45, 2.75) is 51.5 Å². The Bertz CT molecular complexity index is 392. The molecule has 1 aliphatic carbocycles. The monoisotopic (exact) mass is 309 g/mol. The Kier molecular flexibility index (Phi) is 4.50. The van der Waals surface area contributed by atoms with Crippen LogP contribution in [-0.4, -0.2) is 5.54 Å². The number of nitrogens with two attached hydrogens (primary N) is 1. The average molecular weight is 310 g/mol. The van der Waals surface area contributed by atoms with Crippen molar-refractivity contribution in [3.8, 4) is 0 Å². The van der Waals surface area contributed by atoms with Crippen LogP contribution < -0.4 is 5.73 Å². The first-order chi connectivity index (χ1) is 8.50. The van der Waals surface area contributed by atoms with E-state index >= 15 is 0 Å². The summed E-state index contributed by atoms with van der Waals surface area (Å²) >= 11 is 3.63. The minimum absolute atomic E-state index is 0.00919. The minimum Gasteiger partial charge on any atom is -0.325 e. The maximum atomic E-state index is 6.60. The molecule has 1 aliphatic rings. The topological polar surface area (TPSA) is 26.0 Å². The van der Waals surface area contributed by atoms with Gasteiger partial charge in [-0.3, -0.25) is 0 Å². The predicted octanol–water partition coefficient (Wildman–Crippen LogP) is 4.54. The summed E-state index contributed by atoms with van der Waals surface area (Å²) in [6.07, 6.45) is 5.91. The molecule has 0 aromatic heterocycles. The Balaban J connectivity index is 2.00. The van der Waals surface area contributed by atoms with Crippen LogP contribution >= 0.6 is 15.9 Å². The van der Waals surface area contributed by atoms with E-state index in [4.69, 9.17) is 5.73 Å². The van der Waals surface area contributed by atoms with Gasteiger partial charge in [0.15, 0.2) is 0 Å². The summed E-state index contributed by atoms with van der Waals surface area (Å²) in [4.78, 5) is 0. The molecule has 0 saturated heterocycles. The first-order valence-corrected chi connectivity index (χ1v) is 7.82. The van der Waals surface area contributed by atoms with Crippen LogP contribution in [0.15, 0.2) is 28.7 Å². The van der Waals surface area contributed by atoms with Gasteiger partial charge in [0, 0.05) is 10.0 Å². The van der Waals surface area contributed by atoms with Gasteiger partial charge in [-0.25, -0.2) is 0 Å². The van der Waals surface area contributed by atoms with Gasteiger partial charge in [0.2, 0.25) is 0 Å². The van der Waals surface area contributed by atoms with Gasteiger partial charge in [-0.15, -0.1) is 0 Å². The van der Waals surface area contributed by atoms with Gasteiger partial charge in [0.1, 0.15) is 0 Å².